The van der Waals surface area contributed by atoms with Gasteiger partial charge >= 0.3 is 0 Å². The van der Waals surface area contributed by atoms with E-state index in [0.29, 0.717) is 11.4 Å². The van der Waals surface area contributed by atoms with Gasteiger partial charge in [-0.2, -0.15) is 0 Å². The van der Waals surface area contributed by atoms with Crippen LogP contribution in [-0.2, 0) is 0 Å². The number of piperidine rings is 1. The van der Waals surface area contributed by atoms with Crippen LogP contribution in [0.3, 0.4) is 0 Å². The molecule has 0 unspecified atom stereocenters. The van der Waals surface area contributed by atoms with Crippen molar-refractivity contribution in [2.24, 2.45) is 0 Å². The van der Waals surface area contributed by atoms with E-state index >= 15 is 0 Å². The molecule has 0 aliphatic carbocycles. The van der Waals surface area contributed by atoms with Crippen molar-refractivity contribution in [2.75, 3.05) is 30.4 Å². The highest BCUT2D eigenvalue weighted by atomic mass is 16.5. The fraction of sp³-hybridized carbons (Fsp3) is 0.353. The van der Waals surface area contributed by atoms with Gasteiger partial charge < -0.3 is 15.0 Å². The number of anilines is 2. The van der Waals surface area contributed by atoms with Crippen LogP contribution in [0, 0.1) is 0 Å². The first-order chi connectivity index (χ1) is 11.3. The number of hydrogen-bond acceptors (Lipinski definition) is 5. The third kappa shape index (κ3) is 3.77. The van der Waals surface area contributed by atoms with E-state index < -0.39 is 0 Å². The smallest absolute Gasteiger partial charge is 0.276 e. The van der Waals surface area contributed by atoms with Crippen molar-refractivity contribution in [1.82, 2.24) is 10.2 Å². The highest BCUT2D eigenvalue weighted by Crippen LogP contribution is 2.18. The summed E-state index contributed by atoms with van der Waals surface area (Å²) < 4.78 is 5.09. The lowest BCUT2D eigenvalue weighted by Gasteiger charge is -2.27. The Bertz CT molecular complexity index is 649. The maximum atomic E-state index is 12.2. The maximum Gasteiger partial charge on any atom is 0.276 e. The second-order valence-corrected chi connectivity index (χ2v) is 5.51. The summed E-state index contributed by atoms with van der Waals surface area (Å²) in [4.78, 5) is 14.4. The molecular formula is C17H20N4O2. The van der Waals surface area contributed by atoms with Gasteiger partial charge in [0.15, 0.2) is 11.5 Å². The van der Waals surface area contributed by atoms with Crippen LogP contribution in [0.2, 0.25) is 0 Å². The zero-order valence-corrected chi connectivity index (χ0v) is 13.2. The summed E-state index contributed by atoms with van der Waals surface area (Å²) in [5, 5.41) is 11.0. The van der Waals surface area contributed by atoms with E-state index in [9.17, 15) is 4.79 Å². The molecule has 0 radical (unpaired) electrons. The van der Waals surface area contributed by atoms with Crippen molar-refractivity contribution in [3.05, 3.63) is 42.1 Å². The summed E-state index contributed by atoms with van der Waals surface area (Å²) in [5.41, 5.74) is 0.999. The van der Waals surface area contributed by atoms with Crippen LogP contribution in [0.25, 0.3) is 0 Å². The first-order valence-corrected chi connectivity index (χ1v) is 7.80. The fourth-order valence-corrected chi connectivity index (χ4v) is 2.61. The summed E-state index contributed by atoms with van der Waals surface area (Å²) in [6.45, 7) is 2.01. The lowest BCUT2D eigenvalue weighted by atomic mass is 10.1. The quantitative estimate of drug-likeness (QED) is 0.940. The van der Waals surface area contributed by atoms with Crippen LogP contribution < -0.4 is 15.0 Å². The van der Waals surface area contributed by atoms with Gasteiger partial charge in [-0.1, -0.05) is 0 Å². The number of rotatable bonds is 4. The number of nitrogens with zero attached hydrogens (tertiary/aromatic N) is 3. The molecule has 0 saturated carbocycles. The molecule has 1 fully saturated rings. The van der Waals surface area contributed by atoms with Crippen molar-refractivity contribution in [3.8, 4) is 5.75 Å². The van der Waals surface area contributed by atoms with E-state index in [4.69, 9.17) is 4.74 Å². The molecule has 120 valence electrons. The van der Waals surface area contributed by atoms with Crippen molar-refractivity contribution in [2.45, 2.75) is 19.3 Å². The van der Waals surface area contributed by atoms with Crippen LogP contribution in [-0.4, -0.2) is 36.3 Å². The van der Waals surface area contributed by atoms with E-state index in [0.717, 1.165) is 24.7 Å². The van der Waals surface area contributed by atoms with Gasteiger partial charge in [0.05, 0.1) is 7.11 Å². The minimum Gasteiger partial charge on any atom is -0.497 e. The first-order valence-electron chi connectivity index (χ1n) is 7.80. The van der Waals surface area contributed by atoms with Gasteiger partial charge in [-0.15, -0.1) is 10.2 Å². The molecule has 1 amide bonds. The Labute approximate surface area is 135 Å². The zero-order chi connectivity index (χ0) is 16.1. The van der Waals surface area contributed by atoms with Crippen LogP contribution in [0.4, 0.5) is 11.5 Å². The van der Waals surface area contributed by atoms with E-state index in [1.807, 2.05) is 6.07 Å². The average molecular weight is 312 g/mol. The van der Waals surface area contributed by atoms with Crippen LogP contribution in [0.1, 0.15) is 29.8 Å². The Morgan fingerprint density at radius 1 is 1.04 bits per heavy atom. The summed E-state index contributed by atoms with van der Waals surface area (Å²) in [7, 11) is 1.60. The molecule has 0 spiro atoms. The summed E-state index contributed by atoms with van der Waals surface area (Å²) in [6, 6.07) is 10.7. The molecule has 0 atom stereocenters. The van der Waals surface area contributed by atoms with Crippen LogP contribution >= 0.6 is 0 Å². The van der Waals surface area contributed by atoms with Crippen molar-refractivity contribution in [1.29, 1.82) is 0 Å². The lowest BCUT2D eigenvalue weighted by molar-refractivity contribution is 0.102. The minimum absolute atomic E-state index is 0.270. The Hall–Kier alpha value is -2.63. The molecule has 1 aromatic heterocycles. The summed E-state index contributed by atoms with van der Waals surface area (Å²) in [6.07, 6.45) is 3.63. The normalized spacial score (nSPS) is 14.4. The highest BCUT2D eigenvalue weighted by molar-refractivity contribution is 6.02. The molecule has 6 nitrogen and oxygen atoms in total. The van der Waals surface area contributed by atoms with Crippen molar-refractivity contribution >= 4 is 17.4 Å². The Balaban J connectivity index is 1.64. The molecule has 1 aliphatic rings. The molecule has 1 aliphatic heterocycles. The number of ether oxygens (including phenoxy) is 1. The van der Waals surface area contributed by atoms with Crippen LogP contribution in [0.15, 0.2) is 36.4 Å². The molecule has 1 N–H and O–H groups in total. The minimum atomic E-state index is -0.270. The maximum absolute atomic E-state index is 12.2. The monoisotopic (exact) mass is 312 g/mol. The Kier molecular flexibility index (Phi) is 4.71. The lowest BCUT2D eigenvalue weighted by Crippen LogP contribution is -2.30. The largest absolute Gasteiger partial charge is 0.497 e. The van der Waals surface area contributed by atoms with E-state index in [1.54, 1.807) is 37.4 Å². The van der Waals surface area contributed by atoms with E-state index in [1.165, 1.54) is 19.3 Å². The third-order valence-corrected chi connectivity index (χ3v) is 3.91. The Morgan fingerprint density at radius 3 is 2.39 bits per heavy atom. The number of aromatic nitrogens is 2. The summed E-state index contributed by atoms with van der Waals surface area (Å²) in [5.74, 6) is 1.31. The second-order valence-electron chi connectivity index (χ2n) is 5.51. The number of carbonyl (C=O) groups excluding carboxylic acids is 1. The number of hydrogen-bond donors (Lipinski definition) is 1. The molecule has 1 saturated heterocycles. The number of benzene rings is 1. The predicted octanol–water partition coefficient (Wildman–Crippen LogP) is 2.73. The van der Waals surface area contributed by atoms with Gasteiger partial charge in [0.2, 0.25) is 0 Å². The molecule has 0 bridgehead atoms. The van der Waals surface area contributed by atoms with Gasteiger partial charge in [0.25, 0.3) is 5.91 Å². The van der Waals surface area contributed by atoms with Gasteiger partial charge in [-0.05, 0) is 55.7 Å². The van der Waals surface area contributed by atoms with Gasteiger partial charge in [0.1, 0.15) is 5.75 Å². The fourth-order valence-electron chi connectivity index (χ4n) is 2.61. The Morgan fingerprint density at radius 2 is 1.78 bits per heavy atom. The van der Waals surface area contributed by atoms with E-state index in [2.05, 4.69) is 20.4 Å². The van der Waals surface area contributed by atoms with Crippen molar-refractivity contribution in [3.63, 3.8) is 0 Å². The third-order valence-electron chi connectivity index (χ3n) is 3.91. The number of methoxy groups -OCH3 is 1. The molecule has 6 heteroatoms. The number of carbonyl (C=O) groups is 1. The van der Waals surface area contributed by atoms with Crippen LogP contribution in [0.5, 0.6) is 5.75 Å². The topological polar surface area (TPSA) is 67.3 Å². The molecule has 1 aromatic carbocycles. The highest BCUT2D eigenvalue weighted by Gasteiger charge is 2.14. The zero-order valence-electron chi connectivity index (χ0n) is 13.2. The molecule has 2 aromatic rings. The van der Waals surface area contributed by atoms with Gasteiger partial charge in [0, 0.05) is 18.8 Å². The molecular weight excluding hydrogens is 292 g/mol. The van der Waals surface area contributed by atoms with Crippen molar-refractivity contribution < 1.29 is 9.53 Å². The second kappa shape index (κ2) is 7.09. The average Bonchev–Trinajstić information content (AvgIpc) is 2.63. The SMILES string of the molecule is COc1ccc(NC(=O)c2ccc(N3CCCCC3)nn2)cc1. The van der Waals surface area contributed by atoms with E-state index in [-0.39, 0.29) is 5.91 Å². The first kappa shape index (κ1) is 15.3. The van der Waals surface area contributed by atoms with Gasteiger partial charge in [-0.25, -0.2) is 0 Å². The molecule has 2 heterocycles. The number of nitrogens with one attached hydrogen (secondary N) is 1. The molecule has 23 heavy (non-hydrogen) atoms. The van der Waals surface area contributed by atoms with Gasteiger partial charge in [-0.3, -0.25) is 4.79 Å². The predicted molar refractivity (Wildman–Crippen MR) is 89.0 cm³/mol. The molecule has 3 rings (SSSR count). The summed E-state index contributed by atoms with van der Waals surface area (Å²) >= 11 is 0. The number of amides is 1. The standard InChI is InChI=1S/C17H20N4O2/c1-23-14-7-5-13(6-8-14)18-17(22)15-9-10-16(20-19-15)21-11-3-2-4-12-21/h5-10H,2-4,11-12H2,1H3,(H,18,22).